The van der Waals surface area contributed by atoms with E-state index in [-0.39, 0.29) is 18.9 Å². The van der Waals surface area contributed by atoms with Crippen molar-refractivity contribution in [1.82, 2.24) is 0 Å². The number of unbranched alkanes of at least 4 members (excludes halogenated alkanes) is 10. The predicted octanol–water partition coefficient (Wildman–Crippen LogP) is 7.14. The molecule has 0 bridgehead atoms. The van der Waals surface area contributed by atoms with Crippen LogP contribution in [0.25, 0.3) is 0 Å². The minimum absolute atomic E-state index is 0.0650. The van der Waals surface area contributed by atoms with E-state index in [1.807, 2.05) is 18.2 Å². The molecular weight excluding hydrogens is 795 g/mol. The van der Waals surface area contributed by atoms with E-state index in [9.17, 15) is 49.7 Å². The largest absolute Gasteiger partial charge is 0.472 e. The molecule has 1 rings (SSSR count). The average Bonchev–Trinajstić information content (AvgIpc) is 3.22. The molecule has 0 saturated heterocycles. The van der Waals surface area contributed by atoms with Gasteiger partial charge in [0.05, 0.1) is 12.7 Å². The Morgan fingerprint density at radius 3 is 1.67 bits per heavy atom. The molecule has 1 saturated carbocycles. The zero-order valence-electron chi connectivity index (χ0n) is 36.1. The van der Waals surface area contributed by atoms with Crippen molar-refractivity contribution >= 4 is 19.8 Å². The van der Waals surface area contributed by atoms with Gasteiger partial charge < -0.3 is 45.0 Å². The third kappa shape index (κ3) is 27.5. The molecule has 346 valence electrons. The molecular formula is C45H77O14P. The second-order valence-electron chi connectivity index (χ2n) is 15.4. The number of carbonyl (C=O) groups excluding carboxylic acids is 2. The Bertz CT molecular complexity index is 1300. The molecule has 0 aromatic rings. The van der Waals surface area contributed by atoms with Gasteiger partial charge in [0.2, 0.25) is 0 Å². The van der Waals surface area contributed by atoms with E-state index in [4.69, 9.17) is 18.5 Å². The average molecular weight is 873 g/mol. The highest BCUT2D eigenvalue weighted by molar-refractivity contribution is 7.47. The number of phosphoric ester groups is 1. The SMILES string of the molecule is CCCCCC/C=C\CCCCCCCC(=O)O[C@H](COC(=O)CCC/C=C\C/C=C\C/C=C\C/C=C\CC(O)CCC)COP(=O)(O)OC1[C@H](O)[C@H](O)C(O)[C@H](O)[C@H]1O. The van der Waals surface area contributed by atoms with Crippen molar-refractivity contribution in [3.8, 4) is 0 Å². The zero-order valence-corrected chi connectivity index (χ0v) is 37.0. The van der Waals surface area contributed by atoms with Gasteiger partial charge in [-0.1, -0.05) is 120 Å². The minimum Gasteiger partial charge on any atom is -0.462 e. The van der Waals surface area contributed by atoms with Gasteiger partial charge in [-0.2, -0.15) is 0 Å². The van der Waals surface area contributed by atoms with Crippen LogP contribution in [0.1, 0.15) is 149 Å². The minimum atomic E-state index is -5.14. The van der Waals surface area contributed by atoms with Gasteiger partial charge in [-0.15, -0.1) is 0 Å². The van der Waals surface area contributed by atoms with Crippen LogP contribution in [0.15, 0.2) is 60.8 Å². The van der Waals surface area contributed by atoms with Crippen LogP contribution < -0.4 is 0 Å². The molecule has 0 heterocycles. The number of aliphatic hydroxyl groups is 6. The summed E-state index contributed by atoms with van der Waals surface area (Å²) < 4.78 is 33.4. The first kappa shape index (κ1) is 55.5. The lowest BCUT2D eigenvalue weighted by atomic mass is 9.85. The van der Waals surface area contributed by atoms with E-state index in [0.29, 0.717) is 25.7 Å². The molecule has 14 nitrogen and oxygen atoms in total. The van der Waals surface area contributed by atoms with Gasteiger partial charge in [-0.05, 0) is 77.0 Å². The smallest absolute Gasteiger partial charge is 0.462 e. The first-order chi connectivity index (χ1) is 28.8. The molecule has 0 radical (unpaired) electrons. The number of carbonyl (C=O) groups is 2. The summed E-state index contributed by atoms with van der Waals surface area (Å²) in [7, 11) is -5.14. The number of esters is 2. The Balaban J connectivity index is 2.53. The number of hydrogen-bond acceptors (Lipinski definition) is 13. The van der Waals surface area contributed by atoms with Crippen molar-refractivity contribution in [3.05, 3.63) is 60.8 Å². The molecule has 1 aliphatic carbocycles. The van der Waals surface area contributed by atoms with E-state index in [1.165, 1.54) is 25.7 Å². The van der Waals surface area contributed by atoms with E-state index in [0.717, 1.165) is 70.6 Å². The summed E-state index contributed by atoms with van der Waals surface area (Å²) in [6, 6.07) is 0. The van der Waals surface area contributed by atoms with Crippen LogP contribution in [-0.4, -0.2) is 110 Å². The van der Waals surface area contributed by atoms with Crippen LogP contribution in [0, 0.1) is 0 Å². The lowest BCUT2D eigenvalue weighted by Crippen LogP contribution is -2.64. The zero-order chi connectivity index (χ0) is 44.4. The Labute approximate surface area is 358 Å². The lowest BCUT2D eigenvalue weighted by molar-refractivity contribution is -0.220. The van der Waals surface area contributed by atoms with Crippen LogP contribution in [0.4, 0.5) is 0 Å². The normalized spacial score (nSPS) is 23.3. The number of ether oxygens (including phenoxy) is 2. The number of phosphoric acid groups is 1. The van der Waals surface area contributed by atoms with Crippen LogP contribution in [0.5, 0.6) is 0 Å². The van der Waals surface area contributed by atoms with Crippen LogP contribution >= 0.6 is 7.82 Å². The van der Waals surface area contributed by atoms with E-state index >= 15 is 0 Å². The molecule has 7 N–H and O–H groups in total. The van der Waals surface area contributed by atoms with Crippen LogP contribution in [-0.2, 0) is 32.7 Å². The number of aliphatic hydroxyl groups excluding tert-OH is 6. The molecule has 0 aliphatic heterocycles. The van der Waals surface area contributed by atoms with Crippen LogP contribution in [0.2, 0.25) is 0 Å². The van der Waals surface area contributed by atoms with Gasteiger partial charge in [0.15, 0.2) is 6.10 Å². The van der Waals surface area contributed by atoms with E-state index in [1.54, 1.807) is 0 Å². The second kappa shape index (κ2) is 35.0. The number of allylic oxidation sites excluding steroid dienone is 9. The summed E-state index contributed by atoms with van der Waals surface area (Å²) in [6.45, 7) is 3.01. The highest BCUT2D eigenvalue weighted by atomic mass is 31.2. The molecule has 0 amide bonds. The fourth-order valence-electron chi connectivity index (χ4n) is 6.29. The van der Waals surface area contributed by atoms with Crippen molar-refractivity contribution in [2.45, 2.75) is 198 Å². The predicted molar refractivity (Wildman–Crippen MR) is 232 cm³/mol. The van der Waals surface area contributed by atoms with Gasteiger partial charge in [-0.3, -0.25) is 18.6 Å². The highest BCUT2D eigenvalue weighted by Gasteiger charge is 2.51. The quantitative estimate of drug-likeness (QED) is 0.0145. The van der Waals surface area contributed by atoms with E-state index < -0.39 is 75.7 Å². The number of hydrogen-bond donors (Lipinski definition) is 7. The van der Waals surface area contributed by atoms with E-state index in [2.05, 4.69) is 56.4 Å². The van der Waals surface area contributed by atoms with Crippen molar-refractivity contribution in [2.24, 2.45) is 0 Å². The molecule has 0 aromatic carbocycles. The summed E-state index contributed by atoms with van der Waals surface area (Å²) in [5.74, 6) is -1.20. The van der Waals surface area contributed by atoms with Crippen molar-refractivity contribution in [1.29, 1.82) is 0 Å². The summed E-state index contributed by atoms with van der Waals surface area (Å²) in [5, 5.41) is 59.8. The maximum Gasteiger partial charge on any atom is 0.472 e. The molecule has 60 heavy (non-hydrogen) atoms. The first-order valence-electron chi connectivity index (χ1n) is 22.2. The monoisotopic (exact) mass is 873 g/mol. The Morgan fingerprint density at radius 2 is 1.07 bits per heavy atom. The summed E-state index contributed by atoms with van der Waals surface area (Å²) in [4.78, 5) is 35.6. The van der Waals surface area contributed by atoms with Gasteiger partial charge >= 0.3 is 19.8 Å². The van der Waals surface area contributed by atoms with Crippen molar-refractivity contribution < 1.29 is 68.2 Å². The maximum absolute atomic E-state index is 12.8. The second-order valence-corrected chi connectivity index (χ2v) is 16.8. The standard InChI is InChI=1S/C45H77O14P/c1-3-5-6-7-8-9-10-12-17-20-23-26-29-33-39(48)58-37(35-57-60(54,55)59-45-43(52)41(50)40(49)42(51)44(45)53)34-56-38(47)32-28-25-22-19-16-14-11-13-15-18-21-24-27-31-36(46)30-4-2/h9-11,14-15,18-19,22,24,27,36-37,40-46,49-53H,3-8,12-13,16-17,20-21,23,25-26,28-35H2,1-2H3,(H,54,55)/b10-9-,14-11-,18-15-,22-19-,27-24-/t36?,37-,40?,41-,42+,43-,44-,45?/m1/s1. The lowest BCUT2D eigenvalue weighted by Gasteiger charge is -2.41. The summed E-state index contributed by atoms with van der Waals surface area (Å²) in [6.07, 6.45) is 24.9. The topological polar surface area (TPSA) is 230 Å². The van der Waals surface area contributed by atoms with Gasteiger partial charge in [0, 0.05) is 12.8 Å². The summed E-state index contributed by atoms with van der Waals surface area (Å²) in [5.41, 5.74) is 0. The summed E-state index contributed by atoms with van der Waals surface area (Å²) >= 11 is 0. The molecule has 1 fully saturated rings. The number of rotatable bonds is 35. The Kier molecular flexibility index (Phi) is 32.4. The fraction of sp³-hybridized carbons (Fsp3) is 0.733. The molecule has 1 aliphatic rings. The third-order valence-corrected chi connectivity index (χ3v) is 10.9. The van der Waals surface area contributed by atoms with Crippen LogP contribution in [0.3, 0.4) is 0 Å². The highest BCUT2D eigenvalue weighted by Crippen LogP contribution is 2.47. The Hall–Kier alpha value is -2.49. The fourth-order valence-corrected chi connectivity index (χ4v) is 7.26. The van der Waals surface area contributed by atoms with Gasteiger partial charge in [0.25, 0.3) is 0 Å². The first-order valence-corrected chi connectivity index (χ1v) is 23.7. The molecule has 0 aromatic heterocycles. The van der Waals surface area contributed by atoms with Gasteiger partial charge in [0.1, 0.15) is 43.2 Å². The molecule has 4 unspecified atom stereocenters. The van der Waals surface area contributed by atoms with Gasteiger partial charge in [-0.25, -0.2) is 4.57 Å². The molecule has 9 atom stereocenters. The van der Waals surface area contributed by atoms with Crippen molar-refractivity contribution in [2.75, 3.05) is 13.2 Å². The molecule has 15 heteroatoms. The molecule has 0 spiro atoms. The third-order valence-electron chi connectivity index (χ3n) is 9.89. The Morgan fingerprint density at radius 1 is 0.583 bits per heavy atom. The van der Waals surface area contributed by atoms with Crippen molar-refractivity contribution in [3.63, 3.8) is 0 Å². The maximum atomic E-state index is 12.8.